The molecule has 0 fully saturated rings. The molecule has 0 saturated carbocycles. The van der Waals surface area contributed by atoms with Gasteiger partial charge in [-0.25, -0.2) is 4.98 Å². The fourth-order valence-electron chi connectivity index (χ4n) is 2.31. The maximum absolute atomic E-state index is 4.44. The van der Waals surface area contributed by atoms with E-state index in [1.54, 1.807) is 0 Å². The van der Waals surface area contributed by atoms with Crippen LogP contribution in [0.15, 0.2) is 30.6 Å². The van der Waals surface area contributed by atoms with Crippen molar-refractivity contribution in [3.63, 3.8) is 0 Å². The number of fused-ring (bicyclic) bond motifs is 1. The standard InChI is InChI=1S/C16H21N3/c1-3-5-6-9-14(17-4-2)12-19-13-18-15-10-7-8-11-16(15)19/h7-8,10-11,13-14,17H,4,6,9,12H2,1-2H3. The molecule has 0 radical (unpaired) electrons. The minimum atomic E-state index is 0.448. The molecule has 100 valence electrons. The Kier molecular flexibility index (Phi) is 5.00. The molecule has 0 aliphatic carbocycles. The highest BCUT2D eigenvalue weighted by Crippen LogP contribution is 2.13. The highest BCUT2D eigenvalue weighted by molar-refractivity contribution is 5.74. The van der Waals surface area contributed by atoms with Crippen LogP contribution in [-0.4, -0.2) is 22.1 Å². The maximum atomic E-state index is 4.44. The molecule has 3 heteroatoms. The second-order valence-corrected chi connectivity index (χ2v) is 4.61. The highest BCUT2D eigenvalue weighted by Gasteiger charge is 2.09. The first-order valence-electron chi connectivity index (χ1n) is 6.88. The van der Waals surface area contributed by atoms with Gasteiger partial charge in [0.25, 0.3) is 0 Å². The second-order valence-electron chi connectivity index (χ2n) is 4.61. The second kappa shape index (κ2) is 6.96. The first kappa shape index (κ1) is 13.6. The molecule has 19 heavy (non-hydrogen) atoms. The van der Waals surface area contributed by atoms with Gasteiger partial charge in [0.2, 0.25) is 0 Å². The fourth-order valence-corrected chi connectivity index (χ4v) is 2.31. The van der Waals surface area contributed by atoms with Crippen LogP contribution in [-0.2, 0) is 6.54 Å². The van der Waals surface area contributed by atoms with Crippen LogP contribution in [0.1, 0.15) is 26.7 Å². The lowest BCUT2D eigenvalue weighted by molar-refractivity contribution is 0.442. The number of imidazole rings is 1. The van der Waals surface area contributed by atoms with E-state index in [0.717, 1.165) is 31.4 Å². The molecule has 1 atom stereocenters. The van der Waals surface area contributed by atoms with Gasteiger partial charge in [0.1, 0.15) is 0 Å². The number of aromatic nitrogens is 2. The normalized spacial score (nSPS) is 12.1. The molecule has 1 heterocycles. The Morgan fingerprint density at radius 2 is 2.21 bits per heavy atom. The monoisotopic (exact) mass is 255 g/mol. The zero-order valence-corrected chi connectivity index (χ0v) is 11.7. The number of nitrogens with one attached hydrogen (secondary N) is 1. The summed E-state index contributed by atoms with van der Waals surface area (Å²) in [6, 6.07) is 8.71. The molecule has 1 aromatic heterocycles. The molecule has 3 nitrogen and oxygen atoms in total. The minimum Gasteiger partial charge on any atom is -0.329 e. The van der Waals surface area contributed by atoms with Gasteiger partial charge in [-0.3, -0.25) is 0 Å². The van der Waals surface area contributed by atoms with Crippen LogP contribution < -0.4 is 5.32 Å². The first-order valence-corrected chi connectivity index (χ1v) is 6.88. The summed E-state index contributed by atoms with van der Waals surface area (Å²) in [5.74, 6) is 6.10. The average Bonchev–Trinajstić information content (AvgIpc) is 2.83. The largest absolute Gasteiger partial charge is 0.329 e. The molecule has 0 bridgehead atoms. The SMILES string of the molecule is CC#CCCC(Cn1cnc2ccccc21)NCC. The summed E-state index contributed by atoms with van der Waals surface area (Å²) in [5.41, 5.74) is 2.26. The van der Waals surface area contributed by atoms with E-state index >= 15 is 0 Å². The Hall–Kier alpha value is -1.79. The van der Waals surface area contributed by atoms with E-state index in [4.69, 9.17) is 0 Å². The van der Waals surface area contributed by atoms with Crippen molar-refractivity contribution in [3.8, 4) is 11.8 Å². The van der Waals surface area contributed by atoms with Crippen LogP contribution in [0.25, 0.3) is 11.0 Å². The molecule has 1 unspecified atom stereocenters. The Morgan fingerprint density at radius 1 is 1.37 bits per heavy atom. The molecular weight excluding hydrogens is 234 g/mol. The van der Waals surface area contributed by atoms with Gasteiger partial charge in [0, 0.05) is 19.0 Å². The van der Waals surface area contributed by atoms with Gasteiger partial charge in [-0.05, 0) is 32.0 Å². The first-order chi connectivity index (χ1) is 9.35. The number of nitrogens with zero attached hydrogens (tertiary/aromatic N) is 2. The molecule has 0 aliphatic heterocycles. The summed E-state index contributed by atoms with van der Waals surface area (Å²) < 4.78 is 2.22. The fraction of sp³-hybridized carbons (Fsp3) is 0.438. The number of rotatable bonds is 6. The number of hydrogen-bond acceptors (Lipinski definition) is 2. The van der Waals surface area contributed by atoms with Crippen molar-refractivity contribution in [3.05, 3.63) is 30.6 Å². The van der Waals surface area contributed by atoms with Gasteiger partial charge in [-0.15, -0.1) is 11.8 Å². The van der Waals surface area contributed by atoms with Crippen molar-refractivity contribution < 1.29 is 0 Å². The van der Waals surface area contributed by atoms with Crippen molar-refractivity contribution >= 4 is 11.0 Å². The van der Waals surface area contributed by atoms with Gasteiger partial charge in [0.15, 0.2) is 0 Å². The van der Waals surface area contributed by atoms with Crippen LogP contribution in [0.3, 0.4) is 0 Å². The van der Waals surface area contributed by atoms with E-state index in [1.165, 1.54) is 5.52 Å². The zero-order chi connectivity index (χ0) is 13.5. The van der Waals surface area contributed by atoms with E-state index in [1.807, 2.05) is 19.3 Å². The van der Waals surface area contributed by atoms with Crippen LogP contribution in [0.5, 0.6) is 0 Å². The smallest absolute Gasteiger partial charge is 0.0958 e. The van der Waals surface area contributed by atoms with Crippen LogP contribution in [0, 0.1) is 11.8 Å². The molecule has 0 saturated heterocycles. The summed E-state index contributed by atoms with van der Waals surface area (Å²) in [5, 5.41) is 3.53. The van der Waals surface area contributed by atoms with Gasteiger partial charge >= 0.3 is 0 Å². The molecular formula is C16H21N3. The lowest BCUT2D eigenvalue weighted by Gasteiger charge is -2.17. The Bertz CT molecular complexity index is 574. The van der Waals surface area contributed by atoms with Crippen LogP contribution >= 0.6 is 0 Å². The summed E-state index contributed by atoms with van der Waals surface area (Å²) >= 11 is 0. The quantitative estimate of drug-likeness (QED) is 0.804. The van der Waals surface area contributed by atoms with Crippen LogP contribution in [0.4, 0.5) is 0 Å². The molecule has 0 aliphatic rings. The Balaban J connectivity index is 2.08. The minimum absolute atomic E-state index is 0.448. The molecule has 1 N–H and O–H groups in total. The van der Waals surface area contributed by atoms with E-state index < -0.39 is 0 Å². The van der Waals surface area contributed by atoms with Crippen molar-refractivity contribution in [2.75, 3.05) is 6.54 Å². The summed E-state index contributed by atoms with van der Waals surface area (Å²) in [4.78, 5) is 4.44. The molecule has 2 aromatic rings. The Labute approximate surface area is 115 Å². The average molecular weight is 255 g/mol. The van der Waals surface area contributed by atoms with Crippen molar-refractivity contribution in [1.29, 1.82) is 0 Å². The number of para-hydroxylation sites is 2. The van der Waals surface area contributed by atoms with Gasteiger partial charge in [-0.1, -0.05) is 19.1 Å². The Morgan fingerprint density at radius 3 is 3.00 bits per heavy atom. The molecule has 2 rings (SSSR count). The third-order valence-corrected chi connectivity index (χ3v) is 3.23. The van der Waals surface area contributed by atoms with E-state index in [-0.39, 0.29) is 0 Å². The van der Waals surface area contributed by atoms with Crippen molar-refractivity contribution in [2.45, 2.75) is 39.3 Å². The highest BCUT2D eigenvalue weighted by atomic mass is 15.1. The summed E-state index contributed by atoms with van der Waals surface area (Å²) in [6.07, 6.45) is 3.95. The maximum Gasteiger partial charge on any atom is 0.0958 e. The predicted molar refractivity (Wildman–Crippen MR) is 79.9 cm³/mol. The van der Waals surface area contributed by atoms with Crippen molar-refractivity contribution in [2.24, 2.45) is 0 Å². The van der Waals surface area contributed by atoms with Crippen molar-refractivity contribution in [1.82, 2.24) is 14.9 Å². The zero-order valence-electron chi connectivity index (χ0n) is 11.7. The van der Waals surface area contributed by atoms with Crippen LogP contribution in [0.2, 0.25) is 0 Å². The molecule has 0 spiro atoms. The van der Waals surface area contributed by atoms with E-state index in [2.05, 4.69) is 51.8 Å². The lowest BCUT2D eigenvalue weighted by Crippen LogP contribution is -2.32. The number of hydrogen-bond donors (Lipinski definition) is 1. The summed E-state index contributed by atoms with van der Waals surface area (Å²) in [6.45, 7) is 5.97. The van der Waals surface area contributed by atoms with Gasteiger partial charge in [0.05, 0.1) is 17.4 Å². The third-order valence-electron chi connectivity index (χ3n) is 3.23. The third kappa shape index (κ3) is 3.59. The number of benzene rings is 1. The van der Waals surface area contributed by atoms with E-state index in [0.29, 0.717) is 6.04 Å². The molecule has 0 amide bonds. The van der Waals surface area contributed by atoms with Gasteiger partial charge in [-0.2, -0.15) is 0 Å². The predicted octanol–water partition coefficient (Wildman–Crippen LogP) is 2.82. The summed E-state index contributed by atoms with van der Waals surface area (Å²) in [7, 11) is 0. The van der Waals surface area contributed by atoms with Gasteiger partial charge < -0.3 is 9.88 Å². The van der Waals surface area contributed by atoms with E-state index in [9.17, 15) is 0 Å². The topological polar surface area (TPSA) is 29.9 Å². The number of likely N-dealkylation sites (N-methyl/N-ethyl adjacent to an activating group) is 1. The molecule has 1 aromatic carbocycles. The lowest BCUT2D eigenvalue weighted by atomic mass is 10.1.